The van der Waals surface area contributed by atoms with E-state index in [-0.39, 0.29) is 23.4 Å². The molecule has 23 heavy (non-hydrogen) atoms. The summed E-state index contributed by atoms with van der Waals surface area (Å²) in [6, 6.07) is 10.6. The van der Waals surface area contributed by atoms with Crippen LogP contribution in [0.5, 0.6) is 0 Å². The number of carbonyl (C=O) groups is 1. The van der Waals surface area contributed by atoms with E-state index in [4.69, 9.17) is 39.5 Å². The summed E-state index contributed by atoms with van der Waals surface area (Å²) in [5, 5.41) is 4.35. The molecule has 0 bridgehead atoms. The highest BCUT2D eigenvalue weighted by atomic mass is 35.5. The number of Topliss-reactive ketones (excluding diaryl/α,β-unsaturated/α-hetero) is 1. The van der Waals surface area contributed by atoms with Gasteiger partial charge in [-0.2, -0.15) is 0 Å². The van der Waals surface area contributed by atoms with Gasteiger partial charge in [-0.15, -0.1) is 0 Å². The maximum atomic E-state index is 12.2. The average Bonchev–Trinajstić information content (AvgIpc) is 2.86. The van der Waals surface area contributed by atoms with Crippen LogP contribution in [0.25, 0.3) is 0 Å². The number of nitrogens with one attached hydrogen (secondary N) is 1. The molecule has 0 fully saturated rings. The monoisotopic (exact) mass is 368 g/mol. The van der Waals surface area contributed by atoms with E-state index in [1.807, 2.05) is 24.3 Å². The molecule has 0 saturated carbocycles. The van der Waals surface area contributed by atoms with Crippen molar-refractivity contribution >= 4 is 52.2 Å². The molecule has 0 aromatic heterocycles. The molecule has 2 aromatic rings. The lowest BCUT2D eigenvalue weighted by Crippen LogP contribution is -2.23. The highest BCUT2D eigenvalue weighted by Gasteiger charge is 2.28. The molecule has 4 nitrogen and oxygen atoms in total. The van der Waals surface area contributed by atoms with Gasteiger partial charge in [-0.05, 0) is 29.8 Å². The van der Waals surface area contributed by atoms with E-state index in [1.54, 1.807) is 12.1 Å². The first kappa shape index (κ1) is 16.3. The van der Waals surface area contributed by atoms with Crippen LogP contribution in [0.3, 0.4) is 0 Å². The molecule has 1 N–H and O–H groups in total. The van der Waals surface area contributed by atoms with Crippen LogP contribution in [0.1, 0.15) is 15.9 Å². The van der Waals surface area contributed by atoms with E-state index < -0.39 is 0 Å². The summed E-state index contributed by atoms with van der Waals surface area (Å²) in [6.07, 6.45) is 0. The van der Waals surface area contributed by atoms with Gasteiger partial charge in [0.2, 0.25) is 5.78 Å². The van der Waals surface area contributed by atoms with Gasteiger partial charge in [0.05, 0.1) is 21.3 Å². The molecular formula is C16H11Cl3N2O2. The second-order valence-corrected chi connectivity index (χ2v) is 6.07. The second kappa shape index (κ2) is 6.89. The van der Waals surface area contributed by atoms with Crippen LogP contribution in [0.15, 0.2) is 41.4 Å². The van der Waals surface area contributed by atoms with Crippen molar-refractivity contribution in [3.05, 3.63) is 62.6 Å². The Kier molecular flexibility index (Phi) is 4.87. The Morgan fingerprint density at radius 1 is 1.04 bits per heavy atom. The molecule has 3 rings (SSSR count). The van der Waals surface area contributed by atoms with E-state index in [9.17, 15) is 4.79 Å². The number of hydrogen-bond donors (Lipinski definition) is 1. The molecule has 0 amide bonds. The molecule has 0 saturated heterocycles. The summed E-state index contributed by atoms with van der Waals surface area (Å²) < 4.78 is 5.40. The molecule has 1 heterocycles. The van der Waals surface area contributed by atoms with Crippen molar-refractivity contribution in [2.75, 3.05) is 6.73 Å². The zero-order chi connectivity index (χ0) is 16.4. The first-order valence-corrected chi connectivity index (χ1v) is 7.89. The minimum absolute atomic E-state index is 0.00720. The molecule has 0 spiro atoms. The van der Waals surface area contributed by atoms with Gasteiger partial charge in [0.25, 0.3) is 5.90 Å². The average molecular weight is 370 g/mol. The minimum Gasteiger partial charge on any atom is -0.459 e. The van der Waals surface area contributed by atoms with Crippen LogP contribution in [-0.4, -0.2) is 18.4 Å². The number of carbonyl (C=O) groups excluding carboxylic acids is 1. The van der Waals surface area contributed by atoms with E-state index in [0.717, 1.165) is 5.56 Å². The molecule has 2 aromatic carbocycles. The Labute approximate surface area is 148 Å². The Morgan fingerprint density at radius 2 is 1.78 bits per heavy atom. The highest BCUT2D eigenvalue weighted by Crippen LogP contribution is 2.38. The predicted octanol–water partition coefficient (Wildman–Crippen LogP) is 4.64. The molecule has 1 aliphatic heterocycles. The number of aliphatic imine (C=N–C) groups is 1. The van der Waals surface area contributed by atoms with Crippen LogP contribution in [0.2, 0.25) is 15.1 Å². The summed E-state index contributed by atoms with van der Waals surface area (Å²) in [7, 11) is 0. The topological polar surface area (TPSA) is 50.7 Å². The number of fused-ring (bicyclic) bond motifs is 1. The third-order valence-electron chi connectivity index (χ3n) is 3.27. The lowest BCUT2D eigenvalue weighted by Gasteiger charge is -2.06. The van der Waals surface area contributed by atoms with E-state index >= 15 is 0 Å². The summed E-state index contributed by atoms with van der Waals surface area (Å²) >= 11 is 17.8. The summed E-state index contributed by atoms with van der Waals surface area (Å²) in [5.74, 6) is -0.292. The van der Waals surface area contributed by atoms with Crippen molar-refractivity contribution in [2.24, 2.45) is 4.99 Å². The van der Waals surface area contributed by atoms with Gasteiger partial charge < -0.3 is 4.74 Å². The lowest BCUT2D eigenvalue weighted by atomic mass is 10.1. The van der Waals surface area contributed by atoms with Gasteiger partial charge in [-0.1, -0.05) is 46.9 Å². The molecule has 0 radical (unpaired) electrons. The fraction of sp³-hybridized carbons (Fsp3) is 0.125. The zero-order valence-electron chi connectivity index (χ0n) is 11.8. The van der Waals surface area contributed by atoms with Crippen molar-refractivity contribution in [3.63, 3.8) is 0 Å². The van der Waals surface area contributed by atoms with Crippen molar-refractivity contribution in [1.82, 2.24) is 5.32 Å². The first-order valence-electron chi connectivity index (χ1n) is 6.75. The summed E-state index contributed by atoms with van der Waals surface area (Å²) in [5.41, 5.74) is 1.81. The molecular weight excluding hydrogens is 359 g/mol. The van der Waals surface area contributed by atoms with Crippen molar-refractivity contribution in [1.29, 1.82) is 0 Å². The van der Waals surface area contributed by atoms with Crippen LogP contribution in [0, 0.1) is 0 Å². The van der Waals surface area contributed by atoms with Gasteiger partial charge in [0, 0.05) is 11.6 Å². The lowest BCUT2D eigenvalue weighted by molar-refractivity contribution is 0.103. The molecule has 1 aliphatic rings. The SMILES string of the molecule is O=C1C(OCNCc2ccc(Cl)cc2)=Nc2c1ccc(Cl)c2Cl. The van der Waals surface area contributed by atoms with E-state index in [1.165, 1.54) is 0 Å². The smallest absolute Gasteiger partial charge is 0.265 e. The summed E-state index contributed by atoms with van der Waals surface area (Å²) in [4.78, 5) is 16.3. The molecule has 7 heteroatoms. The van der Waals surface area contributed by atoms with Crippen molar-refractivity contribution in [2.45, 2.75) is 6.54 Å². The fourth-order valence-corrected chi connectivity index (χ4v) is 2.60. The molecule has 0 atom stereocenters. The maximum Gasteiger partial charge on any atom is 0.265 e. The van der Waals surface area contributed by atoms with Crippen LogP contribution < -0.4 is 5.32 Å². The standard InChI is InChI=1S/C16H11Cl3N2O2/c17-10-3-1-9(2-4-10)7-20-8-23-16-15(22)11-5-6-12(18)13(19)14(11)21-16/h1-6,20H,7-8H2. The molecule has 118 valence electrons. The number of ether oxygens (including phenoxy) is 1. The first-order chi connectivity index (χ1) is 11.1. The zero-order valence-corrected chi connectivity index (χ0v) is 14.0. The third kappa shape index (κ3) is 3.51. The second-order valence-electron chi connectivity index (χ2n) is 4.85. The Hall–Kier alpha value is -1.59. The number of halogens is 3. The summed E-state index contributed by atoms with van der Waals surface area (Å²) in [6.45, 7) is 0.727. The molecule has 0 unspecified atom stereocenters. The van der Waals surface area contributed by atoms with E-state index in [2.05, 4.69) is 10.3 Å². The van der Waals surface area contributed by atoms with Crippen molar-refractivity contribution < 1.29 is 9.53 Å². The number of benzene rings is 2. The minimum atomic E-state index is -0.299. The molecule has 0 aliphatic carbocycles. The number of hydrogen-bond acceptors (Lipinski definition) is 4. The Balaban J connectivity index is 1.58. The normalized spacial score (nSPS) is 13.0. The quantitative estimate of drug-likeness (QED) is 0.631. The van der Waals surface area contributed by atoms with Crippen LogP contribution in [0.4, 0.5) is 5.69 Å². The fourth-order valence-electron chi connectivity index (χ4n) is 2.11. The third-order valence-corrected chi connectivity index (χ3v) is 4.32. The maximum absolute atomic E-state index is 12.2. The van der Waals surface area contributed by atoms with Gasteiger partial charge in [0.1, 0.15) is 6.73 Å². The Bertz CT molecular complexity index is 789. The van der Waals surface area contributed by atoms with Gasteiger partial charge in [-0.3, -0.25) is 10.1 Å². The predicted molar refractivity (Wildman–Crippen MR) is 92.1 cm³/mol. The van der Waals surface area contributed by atoms with Crippen molar-refractivity contribution in [3.8, 4) is 0 Å². The van der Waals surface area contributed by atoms with Gasteiger partial charge in [-0.25, -0.2) is 4.99 Å². The number of rotatable bonds is 4. The van der Waals surface area contributed by atoms with E-state index in [0.29, 0.717) is 27.8 Å². The van der Waals surface area contributed by atoms with Gasteiger partial charge in [0.15, 0.2) is 0 Å². The Morgan fingerprint density at radius 3 is 2.52 bits per heavy atom. The number of nitrogens with zero attached hydrogens (tertiary/aromatic N) is 1. The number of ketones is 1. The highest BCUT2D eigenvalue weighted by molar-refractivity contribution is 6.51. The largest absolute Gasteiger partial charge is 0.459 e. The van der Waals surface area contributed by atoms with Crippen LogP contribution in [-0.2, 0) is 11.3 Å². The van der Waals surface area contributed by atoms with Crippen LogP contribution >= 0.6 is 34.8 Å². The van der Waals surface area contributed by atoms with Gasteiger partial charge >= 0.3 is 0 Å².